The molecule has 0 aromatic carbocycles. The van der Waals surface area contributed by atoms with Crippen LogP contribution < -0.4 is 5.73 Å². The molecule has 2 aliphatic rings. The van der Waals surface area contributed by atoms with Gasteiger partial charge in [0, 0.05) is 24.3 Å². The quantitative estimate of drug-likeness (QED) is 0.891. The highest BCUT2D eigenvalue weighted by molar-refractivity contribution is 5.13. The van der Waals surface area contributed by atoms with Crippen molar-refractivity contribution in [3.8, 4) is 0 Å². The van der Waals surface area contributed by atoms with Crippen molar-refractivity contribution in [2.24, 2.45) is 5.73 Å². The van der Waals surface area contributed by atoms with E-state index in [1.165, 1.54) is 31.5 Å². The van der Waals surface area contributed by atoms with Crippen LogP contribution in [-0.2, 0) is 0 Å². The molecule has 2 unspecified atom stereocenters. The van der Waals surface area contributed by atoms with Crippen LogP contribution in [0.25, 0.3) is 0 Å². The highest BCUT2D eigenvalue weighted by Crippen LogP contribution is 2.39. The molecule has 1 aliphatic carbocycles. The molecule has 1 aromatic heterocycles. The van der Waals surface area contributed by atoms with Gasteiger partial charge in [0.05, 0.1) is 18.1 Å². The molecule has 1 saturated heterocycles. The molecule has 3 rings (SSSR count). The Morgan fingerprint density at radius 2 is 2.11 bits per heavy atom. The second-order valence-electron chi connectivity index (χ2n) is 6.04. The third-order valence-electron chi connectivity index (χ3n) is 4.29. The van der Waals surface area contributed by atoms with Gasteiger partial charge in [-0.2, -0.15) is 0 Å². The SMILES string of the molecule is CC(C)n1cncc1C1C(N)CCCN1C1CC1. The number of likely N-dealkylation sites (tertiary alicyclic amines) is 1. The Hall–Kier alpha value is -0.870. The largest absolute Gasteiger partial charge is 0.331 e. The Morgan fingerprint density at radius 1 is 1.33 bits per heavy atom. The number of aromatic nitrogens is 2. The van der Waals surface area contributed by atoms with Crippen LogP contribution in [0.1, 0.15) is 57.3 Å². The van der Waals surface area contributed by atoms with E-state index < -0.39 is 0 Å². The molecule has 2 atom stereocenters. The maximum absolute atomic E-state index is 6.41. The fourth-order valence-electron chi connectivity index (χ4n) is 3.23. The zero-order chi connectivity index (χ0) is 12.7. The van der Waals surface area contributed by atoms with Crippen molar-refractivity contribution in [2.75, 3.05) is 6.54 Å². The summed E-state index contributed by atoms with van der Waals surface area (Å²) in [5.74, 6) is 0. The van der Waals surface area contributed by atoms with E-state index in [4.69, 9.17) is 5.73 Å². The van der Waals surface area contributed by atoms with E-state index in [0.717, 1.165) is 12.5 Å². The topological polar surface area (TPSA) is 47.1 Å². The first-order valence-electron chi connectivity index (χ1n) is 7.21. The molecule has 1 aromatic rings. The third kappa shape index (κ3) is 2.08. The first-order valence-corrected chi connectivity index (χ1v) is 7.21. The monoisotopic (exact) mass is 248 g/mol. The lowest BCUT2D eigenvalue weighted by Crippen LogP contribution is -2.47. The van der Waals surface area contributed by atoms with Gasteiger partial charge in [0.2, 0.25) is 0 Å². The summed E-state index contributed by atoms with van der Waals surface area (Å²) in [5.41, 5.74) is 7.72. The average molecular weight is 248 g/mol. The molecular formula is C14H24N4. The maximum atomic E-state index is 6.41. The number of imidazole rings is 1. The van der Waals surface area contributed by atoms with Crippen LogP contribution >= 0.6 is 0 Å². The Labute approximate surface area is 109 Å². The first-order chi connectivity index (χ1) is 8.68. The molecular weight excluding hydrogens is 224 g/mol. The number of hydrogen-bond donors (Lipinski definition) is 1. The lowest BCUT2D eigenvalue weighted by molar-refractivity contribution is 0.113. The number of nitrogens with two attached hydrogens (primary N) is 1. The number of rotatable bonds is 3. The summed E-state index contributed by atoms with van der Waals surface area (Å²) in [6.07, 6.45) is 9.04. The van der Waals surface area contributed by atoms with Crippen LogP contribution in [-0.4, -0.2) is 33.1 Å². The number of piperidine rings is 1. The van der Waals surface area contributed by atoms with Gasteiger partial charge in [-0.25, -0.2) is 4.98 Å². The van der Waals surface area contributed by atoms with Gasteiger partial charge in [-0.3, -0.25) is 4.90 Å². The van der Waals surface area contributed by atoms with Crippen LogP contribution in [0.4, 0.5) is 0 Å². The second kappa shape index (κ2) is 4.67. The number of nitrogens with zero attached hydrogens (tertiary/aromatic N) is 3. The molecule has 0 radical (unpaired) electrons. The van der Waals surface area contributed by atoms with Crippen molar-refractivity contribution in [3.05, 3.63) is 18.2 Å². The van der Waals surface area contributed by atoms with E-state index in [-0.39, 0.29) is 6.04 Å². The molecule has 0 amide bonds. The molecule has 0 bridgehead atoms. The molecule has 100 valence electrons. The van der Waals surface area contributed by atoms with Crippen molar-refractivity contribution >= 4 is 0 Å². The molecule has 2 N–H and O–H groups in total. The van der Waals surface area contributed by atoms with Gasteiger partial charge < -0.3 is 10.3 Å². The molecule has 4 heteroatoms. The summed E-state index contributed by atoms with van der Waals surface area (Å²) in [6, 6.07) is 1.86. The first kappa shape index (κ1) is 12.2. The van der Waals surface area contributed by atoms with Gasteiger partial charge in [-0.1, -0.05) is 0 Å². The van der Waals surface area contributed by atoms with Gasteiger partial charge in [-0.05, 0) is 46.1 Å². The van der Waals surface area contributed by atoms with Crippen molar-refractivity contribution in [1.82, 2.24) is 14.5 Å². The Kier molecular flexibility index (Phi) is 3.16. The van der Waals surface area contributed by atoms with Gasteiger partial charge in [0.25, 0.3) is 0 Å². The summed E-state index contributed by atoms with van der Waals surface area (Å²) in [4.78, 5) is 6.98. The molecule has 18 heavy (non-hydrogen) atoms. The normalized spacial score (nSPS) is 30.0. The van der Waals surface area contributed by atoms with Crippen molar-refractivity contribution in [3.63, 3.8) is 0 Å². The summed E-state index contributed by atoms with van der Waals surface area (Å²) < 4.78 is 2.28. The van der Waals surface area contributed by atoms with Crippen molar-refractivity contribution in [2.45, 2.75) is 63.7 Å². The minimum Gasteiger partial charge on any atom is -0.331 e. The summed E-state index contributed by atoms with van der Waals surface area (Å²) in [5, 5.41) is 0. The number of hydrogen-bond acceptors (Lipinski definition) is 3. The van der Waals surface area contributed by atoms with Crippen LogP contribution in [0.2, 0.25) is 0 Å². The van der Waals surface area contributed by atoms with Crippen molar-refractivity contribution < 1.29 is 0 Å². The Bertz CT molecular complexity index is 408. The van der Waals surface area contributed by atoms with Crippen LogP contribution in [0.15, 0.2) is 12.5 Å². The molecule has 2 fully saturated rings. The van der Waals surface area contributed by atoms with E-state index >= 15 is 0 Å². The molecule has 4 nitrogen and oxygen atoms in total. The zero-order valence-electron chi connectivity index (χ0n) is 11.4. The van der Waals surface area contributed by atoms with Crippen LogP contribution in [0.5, 0.6) is 0 Å². The smallest absolute Gasteiger partial charge is 0.0951 e. The Balaban J connectivity index is 1.92. The molecule has 1 aliphatic heterocycles. The fraction of sp³-hybridized carbons (Fsp3) is 0.786. The van der Waals surface area contributed by atoms with E-state index in [0.29, 0.717) is 12.1 Å². The highest BCUT2D eigenvalue weighted by atomic mass is 15.3. The van der Waals surface area contributed by atoms with Gasteiger partial charge in [0.15, 0.2) is 0 Å². The van der Waals surface area contributed by atoms with Crippen LogP contribution in [0.3, 0.4) is 0 Å². The fourth-order valence-corrected chi connectivity index (χ4v) is 3.23. The van der Waals surface area contributed by atoms with E-state index in [9.17, 15) is 0 Å². The summed E-state index contributed by atoms with van der Waals surface area (Å²) in [6.45, 7) is 5.62. The van der Waals surface area contributed by atoms with E-state index in [2.05, 4.69) is 28.3 Å². The standard InChI is InChI=1S/C14H24N4/c1-10(2)18-9-16-8-13(18)14-12(15)4-3-7-17(14)11-5-6-11/h8-12,14H,3-7,15H2,1-2H3. The summed E-state index contributed by atoms with van der Waals surface area (Å²) >= 11 is 0. The minimum absolute atomic E-state index is 0.258. The van der Waals surface area contributed by atoms with Gasteiger partial charge in [-0.15, -0.1) is 0 Å². The minimum atomic E-state index is 0.258. The molecule has 2 heterocycles. The molecule has 0 spiro atoms. The predicted octanol–water partition coefficient (Wildman–Crippen LogP) is 2.09. The van der Waals surface area contributed by atoms with E-state index in [1.54, 1.807) is 0 Å². The third-order valence-corrected chi connectivity index (χ3v) is 4.29. The van der Waals surface area contributed by atoms with Gasteiger partial charge >= 0.3 is 0 Å². The second-order valence-corrected chi connectivity index (χ2v) is 6.04. The zero-order valence-corrected chi connectivity index (χ0v) is 11.4. The Morgan fingerprint density at radius 3 is 2.78 bits per heavy atom. The van der Waals surface area contributed by atoms with E-state index in [1.807, 2.05) is 12.5 Å². The maximum Gasteiger partial charge on any atom is 0.0951 e. The lowest BCUT2D eigenvalue weighted by atomic mass is 9.94. The van der Waals surface area contributed by atoms with Crippen molar-refractivity contribution in [1.29, 1.82) is 0 Å². The lowest BCUT2D eigenvalue weighted by Gasteiger charge is -2.40. The average Bonchev–Trinajstić information content (AvgIpc) is 3.06. The van der Waals surface area contributed by atoms with Crippen LogP contribution in [0, 0.1) is 0 Å². The highest BCUT2D eigenvalue weighted by Gasteiger charge is 2.40. The molecule has 1 saturated carbocycles. The van der Waals surface area contributed by atoms with Gasteiger partial charge in [0.1, 0.15) is 0 Å². The summed E-state index contributed by atoms with van der Waals surface area (Å²) in [7, 11) is 0. The predicted molar refractivity (Wildman–Crippen MR) is 72.3 cm³/mol.